The third kappa shape index (κ3) is 3.31. The number of ether oxygens (including phenoxy) is 1. The molecule has 1 aromatic heterocycles. The number of hydrogen-bond donors (Lipinski definition) is 0. The van der Waals surface area contributed by atoms with Crippen molar-refractivity contribution in [2.75, 3.05) is 6.61 Å². The molecule has 0 bridgehead atoms. The summed E-state index contributed by atoms with van der Waals surface area (Å²) in [5.41, 5.74) is 2.25. The molecular formula is C15H16N2O2. The quantitative estimate of drug-likeness (QED) is 0.623. The molecule has 0 aliphatic heterocycles. The van der Waals surface area contributed by atoms with Crippen LogP contribution in [0.4, 0.5) is 0 Å². The van der Waals surface area contributed by atoms with Gasteiger partial charge in [-0.1, -0.05) is 30.3 Å². The summed E-state index contributed by atoms with van der Waals surface area (Å²) in [5.74, 6) is -0.322. The van der Waals surface area contributed by atoms with Gasteiger partial charge in [-0.15, -0.1) is 0 Å². The molecule has 0 saturated heterocycles. The fourth-order valence-electron chi connectivity index (χ4n) is 1.77. The van der Waals surface area contributed by atoms with Crippen LogP contribution < -0.4 is 0 Å². The van der Waals surface area contributed by atoms with E-state index in [9.17, 15) is 4.79 Å². The molecule has 0 spiro atoms. The lowest BCUT2D eigenvalue weighted by Crippen LogP contribution is -2.06. The summed E-state index contributed by atoms with van der Waals surface area (Å²) in [6.07, 6.45) is 5.35. The number of aromatic nitrogens is 2. The summed E-state index contributed by atoms with van der Waals surface area (Å²) >= 11 is 0. The van der Waals surface area contributed by atoms with E-state index in [0.717, 1.165) is 11.1 Å². The first-order valence-corrected chi connectivity index (χ1v) is 6.13. The highest BCUT2D eigenvalue weighted by molar-refractivity contribution is 6.21. The van der Waals surface area contributed by atoms with E-state index >= 15 is 0 Å². The summed E-state index contributed by atoms with van der Waals surface area (Å²) in [5, 5.41) is 4.09. The van der Waals surface area contributed by atoms with E-state index in [1.807, 2.05) is 43.6 Å². The molecule has 0 aliphatic carbocycles. The predicted octanol–water partition coefficient (Wildman–Crippen LogP) is 2.52. The van der Waals surface area contributed by atoms with Crippen LogP contribution in [0, 0.1) is 0 Å². The largest absolute Gasteiger partial charge is 0.462 e. The number of benzene rings is 1. The van der Waals surface area contributed by atoms with Gasteiger partial charge in [-0.05, 0) is 18.6 Å². The Morgan fingerprint density at radius 2 is 2.11 bits per heavy atom. The molecule has 0 fully saturated rings. The van der Waals surface area contributed by atoms with E-state index in [0.29, 0.717) is 12.2 Å². The van der Waals surface area contributed by atoms with Crippen LogP contribution in [0.3, 0.4) is 0 Å². The molecule has 1 aromatic carbocycles. The van der Waals surface area contributed by atoms with Gasteiger partial charge in [0.05, 0.1) is 18.4 Å². The molecule has 2 rings (SSSR count). The fraction of sp³-hybridized carbons (Fsp3) is 0.200. The molecular weight excluding hydrogens is 240 g/mol. The minimum Gasteiger partial charge on any atom is -0.462 e. The number of hydrogen-bond acceptors (Lipinski definition) is 3. The average molecular weight is 256 g/mol. The van der Waals surface area contributed by atoms with Gasteiger partial charge in [-0.3, -0.25) is 4.68 Å². The van der Waals surface area contributed by atoms with Crippen LogP contribution in [0.1, 0.15) is 18.1 Å². The van der Waals surface area contributed by atoms with Crippen LogP contribution in [0.2, 0.25) is 0 Å². The van der Waals surface area contributed by atoms with Gasteiger partial charge in [0.1, 0.15) is 0 Å². The van der Waals surface area contributed by atoms with Gasteiger partial charge in [-0.2, -0.15) is 5.10 Å². The van der Waals surface area contributed by atoms with Crippen molar-refractivity contribution in [3.8, 4) is 0 Å². The van der Waals surface area contributed by atoms with E-state index in [1.165, 1.54) is 0 Å². The molecule has 0 aliphatic rings. The van der Waals surface area contributed by atoms with Crippen molar-refractivity contribution in [2.24, 2.45) is 7.05 Å². The molecule has 0 radical (unpaired) electrons. The van der Waals surface area contributed by atoms with Crippen molar-refractivity contribution in [1.29, 1.82) is 0 Å². The van der Waals surface area contributed by atoms with Crippen LogP contribution >= 0.6 is 0 Å². The Hall–Kier alpha value is -2.36. The zero-order valence-corrected chi connectivity index (χ0v) is 11.0. The number of rotatable bonds is 4. The van der Waals surface area contributed by atoms with Gasteiger partial charge in [0, 0.05) is 18.8 Å². The molecule has 98 valence electrons. The van der Waals surface area contributed by atoms with E-state index in [1.54, 1.807) is 23.9 Å². The first-order valence-electron chi connectivity index (χ1n) is 6.13. The van der Waals surface area contributed by atoms with Crippen molar-refractivity contribution in [3.63, 3.8) is 0 Å². The number of nitrogens with zero attached hydrogens (tertiary/aromatic N) is 2. The summed E-state index contributed by atoms with van der Waals surface area (Å²) in [4.78, 5) is 12.0. The standard InChI is InChI=1S/C15H16N2O2/c1-3-19-15(18)14(13-7-5-4-6-8-13)9-12-10-16-17(2)11-12/h4-11H,3H2,1-2H3/b14-9-. The Labute approximate surface area is 112 Å². The Kier molecular flexibility index (Phi) is 4.13. The van der Waals surface area contributed by atoms with Crippen molar-refractivity contribution in [1.82, 2.24) is 9.78 Å². The summed E-state index contributed by atoms with van der Waals surface area (Å²) in [6, 6.07) is 9.48. The lowest BCUT2D eigenvalue weighted by molar-refractivity contribution is -0.136. The van der Waals surface area contributed by atoms with Crippen LogP contribution in [-0.2, 0) is 16.6 Å². The van der Waals surface area contributed by atoms with Gasteiger partial charge in [0.25, 0.3) is 0 Å². The molecule has 19 heavy (non-hydrogen) atoms. The molecule has 4 nitrogen and oxygen atoms in total. The highest BCUT2D eigenvalue weighted by Crippen LogP contribution is 2.19. The maximum absolute atomic E-state index is 12.0. The van der Waals surface area contributed by atoms with E-state index < -0.39 is 0 Å². The molecule has 0 N–H and O–H groups in total. The van der Waals surface area contributed by atoms with Crippen molar-refractivity contribution >= 4 is 17.6 Å². The molecule has 4 heteroatoms. The molecule has 0 atom stereocenters. The first-order chi connectivity index (χ1) is 9.20. The Balaban J connectivity index is 2.40. The molecule has 0 unspecified atom stereocenters. The Morgan fingerprint density at radius 3 is 2.68 bits per heavy atom. The predicted molar refractivity (Wildman–Crippen MR) is 74.2 cm³/mol. The van der Waals surface area contributed by atoms with Crippen LogP contribution in [0.5, 0.6) is 0 Å². The monoisotopic (exact) mass is 256 g/mol. The van der Waals surface area contributed by atoms with Gasteiger partial charge in [0.15, 0.2) is 0 Å². The number of aryl methyl sites for hydroxylation is 1. The molecule has 0 saturated carbocycles. The summed E-state index contributed by atoms with van der Waals surface area (Å²) in [6.45, 7) is 2.15. The molecule has 2 aromatic rings. The summed E-state index contributed by atoms with van der Waals surface area (Å²) < 4.78 is 6.80. The zero-order chi connectivity index (χ0) is 13.7. The average Bonchev–Trinajstić information content (AvgIpc) is 2.83. The lowest BCUT2D eigenvalue weighted by atomic mass is 10.0. The Bertz CT molecular complexity index is 585. The second-order valence-corrected chi connectivity index (χ2v) is 4.09. The zero-order valence-electron chi connectivity index (χ0n) is 11.0. The van der Waals surface area contributed by atoms with Crippen molar-refractivity contribution in [3.05, 3.63) is 53.9 Å². The highest BCUT2D eigenvalue weighted by atomic mass is 16.5. The second kappa shape index (κ2) is 6.00. The normalized spacial score (nSPS) is 11.4. The smallest absolute Gasteiger partial charge is 0.338 e. The van der Waals surface area contributed by atoms with E-state index in [4.69, 9.17) is 4.74 Å². The fourth-order valence-corrected chi connectivity index (χ4v) is 1.77. The molecule has 0 amide bonds. The van der Waals surface area contributed by atoms with Crippen LogP contribution in [-0.4, -0.2) is 22.4 Å². The van der Waals surface area contributed by atoms with E-state index in [2.05, 4.69) is 5.10 Å². The van der Waals surface area contributed by atoms with Crippen molar-refractivity contribution in [2.45, 2.75) is 6.92 Å². The van der Waals surface area contributed by atoms with Crippen LogP contribution in [0.25, 0.3) is 11.6 Å². The third-order valence-electron chi connectivity index (χ3n) is 2.62. The Morgan fingerprint density at radius 1 is 1.37 bits per heavy atom. The maximum atomic E-state index is 12.0. The number of carbonyl (C=O) groups is 1. The highest BCUT2D eigenvalue weighted by Gasteiger charge is 2.13. The van der Waals surface area contributed by atoms with Gasteiger partial charge < -0.3 is 4.74 Å². The summed E-state index contributed by atoms with van der Waals surface area (Å²) in [7, 11) is 1.84. The number of esters is 1. The first kappa shape index (κ1) is 13.1. The third-order valence-corrected chi connectivity index (χ3v) is 2.62. The maximum Gasteiger partial charge on any atom is 0.338 e. The number of carbonyl (C=O) groups excluding carboxylic acids is 1. The van der Waals surface area contributed by atoms with Crippen molar-refractivity contribution < 1.29 is 9.53 Å². The second-order valence-electron chi connectivity index (χ2n) is 4.09. The minimum absolute atomic E-state index is 0.322. The van der Waals surface area contributed by atoms with E-state index in [-0.39, 0.29) is 5.97 Å². The lowest BCUT2D eigenvalue weighted by Gasteiger charge is -2.06. The van der Waals surface area contributed by atoms with Gasteiger partial charge in [0.2, 0.25) is 0 Å². The SMILES string of the molecule is CCOC(=O)/C(=C\c1cnn(C)c1)c1ccccc1. The topological polar surface area (TPSA) is 44.1 Å². The van der Waals surface area contributed by atoms with Gasteiger partial charge >= 0.3 is 5.97 Å². The minimum atomic E-state index is -0.322. The van der Waals surface area contributed by atoms with Gasteiger partial charge in [-0.25, -0.2) is 4.79 Å². The van der Waals surface area contributed by atoms with Crippen LogP contribution in [0.15, 0.2) is 42.7 Å². The molecule has 1 heterocycles.